The van der Waals surface area contributed by atoms with E-state index in [0.29, 0.717) is 26.5 Å². The van der Waals surface area contributed by atoms with E-state index in [1.807, 2.05) is 0 Å². The van der Waals surface area contributed by atoms with Gasteiger partial charge in [0.25, 0.3) is 5.91 Å². The van der Waals surface area contributed by atoms with Gasteiger partial charge in [-0.3, -0.25) is 4.79 Å². The number of nitrogens with one attached hydrogen (secondary N) is 1. The number of aromatic nitrogens is 3. The smallest absolute Gasteiger partial charge is 0.433 e. The summed E-state index contributed by atoms with van der Waals surface area (Å²) in [5.41, 5.74) is 1.64. The number of rotatable bonds is 4. The van der Waals surface area contributed by atoms with E-state index in [-0.39, 0.29) is 23.8 Å². The van der Waals surface area contributed by atoms with E-state index in [1.165, 1.54) is 23.6 Å². The van der Waals surface area contributed by atoms with E-state index in [1.54, 1.807) is 35.7 Å². The molecule has 8 nitrogen and oxygen atoms in total. The van der Waals surface area contributed by atoms with Crippen molar-refractivity contribution in [1.29, 1.82) is 0 Å². The summed E-state index contributed by atoms with van der Waals surface area (Å²) in [6.07, 6.45) is -3.32. The molecule has 4 heterocycles. The Morgan fingerprint density at radius 2 is 2.03 bits per heavy atom. The fourth-order valence-corrected chi connectivity index (χ4v) is 3.74. The highest BCUT2D eigenvalue weighted by Crippen LogP contribution is 2.34. The third-order valence-electron chi connectivity index (χ3n) is 4.50. The van der Waals surface area contributed by atoms with E-state index in [9.17, 15) is 18.0 Å². The van der Waals surface area contributed by atoms with Crippen LogP contribution in [-0.2, 0) is 6.18 Å². The van der Waals surface area contributed by atoms with Crippen molar-refractivity contribution in [1.82, 2.24) is 20.0 Å². The molecule has 0 spiro atoms. The van der Waals surface area contributed by atoms with Crippen LogP contribution in [0.3, 0.4) is 0 Å². The van der Waals surface area contributed by atoms with Crippen LogP contribution in [0.1, 0.15) is 21.7 Å². The predicted molar refractivity (Wildman–Crippen MR) is 109 cm³/mol. The van der Waals surface area contributed by atoms with Gasteiger partial charge in [-0.1, -0.05) is 6.07 Å². The lowest BCUT2D eigenvalue weighted by Crippen LogP contribution is -2.19. The minimum absolute atomic E-state index is 0.104. The summed E-state index contributed by atoms with van der Waals surface area (Å²) in [6.45, 7) is 0.128. The van der Waals surface area contributed by atoms with Crippen molar-refractivity contribution < 1.29 is 27.4 Å². The van der Waals surface area contributed by atoms with Crippen LogP contribution in [-0.4, -0.2) is 33.5 Å². The lowest BCUT2D eigenvalue weighted by Gasteiger charge is -2.10. The van der Waals surface area contributed by atoms with E-state index < -0.39 is 17.8 Å². The molecule has 0 aliphatic carbocycles. The van der Waals surface area contributed by atoms with Crippen LogP contribution >= 0.6 is 11.3 Å². The number of hydrogen-bond acceptors (Lipinski definition) is 7. The number of carbonyl (C=O) groups is 1. The van der Waals surface area contributed by atoms with Gasteiger partial charge in [-0.15, -0.1) is 11.3 Å². The molecule has 0 bridgehead atoms. The molecule has 0 unspecified atom stereocenters. The van der Waals surface area contributed by atoms with Crippen LogP contribution in [0.4, 0.5) is 13.2 Å². The Labute approximate surface area is 181 Å². The monoisotopic (exact) mass is 459 g/mol. The molecule has 12 heteroatoms. The number of benzene rings is 1. The number of halogens is 3. The SMILES string of the molecule is O=C(NN=Cc1ccc2c(c1)OCO2)c1cc2nc(-c3cccs3)cc(C(F)(F)F)n2n1. The first kappa shape index (κ1) is 20.0. The van der Waals surface area contributed by atoms with Crippen LogP contribution in [0, 0.1) is 0 Å². The fourth-order valence-electron chi connectivity index (χ4n) is 3.05. The molecule has 4 aromatic rings. The van der Waals surface area contributed by atoms with Crippen LogP contribution in [0.5, 0.6) is 11.5 Å². The molecule has 3 aromatic heterocycles. The number of carbonyl (C=O) groups excluding carboxylic acids is 1. The van der Waals surface area contributed by atoms with Crippen LogP contribution < -0.4 is 14.9 Å². The molecule has 0 atom stereocenters. The zero-order valence-electron chi connectivity index (χ0n) is 16.0. The summed E-state index contributed by atoms with van der Waals surface area (Å²) < 4.78 is 51.9. The number of alkyl halides is 3. The normalized spacial score (nSPS) is 13.2. The van der Waals surface area contributed by atoms with Crippen molar-refractivity contribution in [2.45, 2.75) is 6.18 Å². The van der Waals surface area contributed by atoms with Gasteiger partial charge in [0.2, 0.25) is 6.79 Å². The number of hydrazone groups is 1. The third-order valence-corrected chi connectivity index (χ3v) is 5.39. The topological polar surface area (TPSA) is 90.1 Å². The average Bonchev–Trinajstić information content (AvgIpc) is 3.51. The molecular weight excluding hydrogens is 447 g/mol. The largest absolute Gasteiger partial charge is 0.454 e. The number of hydrogen-bond donors (Lipinski definition) is 1. The van der Waals surface area contributed by atoms with Crippen molar-refractivity contribution in [3.8, 4) is 22.1 Å². The summed E-state index contributed by atoms with van der Waals surface area (Å²) in [5.74, 6) is 0.372. The molecule has 1 aliphatic heterocycles. The van der Waals surface area contributed by atoms with Gasteiger partial charge >= 0.3 is 6.18 Å². The standard InChI is InChI=1S/C20H12F3N5O3S/c21-20(22,23)17-7-12(16-2-1-5-32-16)25-18-8-13(27-28(17)18)19(29)26-24-9-11-3-4-14-15(6-11)31-10-30-14/h1-9H,10H2,(H,26,29). The van der Waals surface area contributed by atoms with Gasteiger partial charge in [0, 0.05) is 6.07 Å². The second-order valence-electron chi connectivity index (χ2n) is 6.61. The highest BCUT2D eigenvalue weighted by molar-refractivity contribution is 7.13. The van der Waals surface area contributed by atoms with Crippen molar-refractivity contribution >= 4 is 29.1 Å². The zero-order chi connectivity index (χ0) is 22.3. The number of thiophene rings is 1. The molecule has 162 valence electrons. The van der Waals surface area contributed by atoms with Crippen LogP contribution in [0.15, 0.2) is 52.9 Å². The lowest BCUT2D eigenvalue weighted by atomic mass is 10.2. The fraction of sp³-hybridized carbons (Fsp3) is 0.100. The molecule has 1 amide bonds. The van der Waals surface area contributed by atoms with E-state index in [4.69, 9.17) is 9.47 Å². The lowest BCUT2D eigenvalue weighted by molar-refractivity contribution is -0.142. The maximum absolute atomic E-state index is 13.6. The summed E-state index contributed by atoms with van der Waals surface area (Å²) in [6, 6.07) is 10.5. The maximum Gasteiger partial charge on any atom is 0.433 e. The highest BCUT2D eigenvalue weighted by Gasteiger charge is 2.35. The van der Waals surface area contributed by atoms with E-state index in [2.05, 4.69) is 20.6 Å². The minimum atomic E-state index is -4.69. The average molecular weight is 459 g/mol. The Balaban J connectivity index is 1.42. The minimum Gasteiger partial charge on any atom is -0.454 e. The van der Waals surface area contributed by atoms with Gasteiger partial charge in [0.05, 0.1) is 16.8 Å². The van der Waals surface area contributed by atoms with Crippen molar-refractivity contribution in [3.63, 3.8) is 0 Å². The highest BCUT2D eigenvalue weighted by atomic mass is 32.1. The molecule has 0 radical (unpaired) electrons. The molecular formula is C20H12F3N5O3S. The first-order valence-electron chi connectivity index (χ1n) is 9.13. The Hall–Kier alpha value is -3.93. The summed E-state index contributed by atoms with van der Waals surface area (Å²) in [4.78, 5) is 17.2. The van der Waals surface area contributed by atoms with Gasteiger partial charge in [0.1, 0.15) is 0 Å². The molecule has 1 aliphatic rings. The maximum atomic E-state index is 13.6. The molecule has 1 N–H and O–H groups in total. The van der Waals surface area contributed by atoms with E-state index in [0.717, 1.165) is 6.07 Å². The Morgan fingerprint density at radius 3 is 2.81 bits per heavy atom. The molecule has 0 saturated heterocycles. The number of amides is 1. The van der Waals surface area contributed by atoms with Crippen molar-refractivity contribution in [2.24, 2.45) is 5.10 Å². The second kappa shape index (κ2) is 7.64. The molecule has 1 aromatic carbocycles. The van der Waals surface area contributed by atoms with Gasteiger partial charge < -0.3 is 9.47 Å². The molecule has 5 rings (SSSR count). The van der Waals surface area contributed by atoms with Gasteiger partial charge in [-0.05, 0) is 41.3 Å². The summed E-state index contributed by atoms with van der Waals surface area (Å²) >= 11 is 1.26. The van der Waals surface area contributed by atoms with Gasteiger partial charge in [0.15, 0.2) is 28.5 Å². The number of nitrogens with zero attached hydrogens (tertiary/aromatic N) is 4. The first-order valence-corrected chi connectivity index (χ1v) is 10.0. The van der Waals surface area contributed by atoms with Crippen LogP contribution in [0.25, 0.3) is 16.2 Å². The molecule has 0 fully saturated rings. The molecule has 32 heavy (non-hydrogen) atoms. The van der Waals surface area contributed by atoms with E-state index >= 15 is 0 Å². The van der Waals surface area contributed by atoms with Gasteiger partial charge in [-0.2, -0.15) is 23.4 Å². The summed E-state index contributed by atoms with van der Waals surface area (Å²) in [5, 5.41) is 9.36. The zero-order valence-corrected chi connectivity index (χ0v) is 16.8. The van der Waals surface area contributed by atoms with Crippen molar-refractivity contribution in [3.05, 3.63) is 64.8 Å². The molecule has 0 saturated carbocycles. The second-order valence-corrected chi connectivity index (χ2v) is 7.56. The Bertz CT molecular complexity index is 1350. The van der Waals surface area contributed by atoms with Crippen LogP contribution in [0.2, 0.25) is 0 Å². The Morgan fingerprint density at radius 1 is 1.19 bits per heavy atom. The summed E-state index contributed by atoms with van der Waals surface area (Å²) in [7, 11) is 0. The number of fused-ring (bicyclic) bond motifs is 2. The van der Waals surface area contributed by atoms with Gasteiger partial charge in [-0.25, -0.2) is 14.9 Å². The first-order chi connectivity index (χ1) is 15.4. The quantitative estimate of drug-likeness (QED) is 0.369. The Kier molecular flexibility index (Phi) is 4.78. The predicted octanol–water partition coefficient (Wildman–Crippen LogP) is 3.97. The number of ether oxygens (including phenoxy) is 2. The van der Waals surface area contributed by atoms with Crippen molar-refractivity contribution in [2.75, 3.05) is 6.79 Å². The third kappa shape index (κ3) is 3.75.